The lowest BCUT2D eigenvalue weighted by molar-refractivity contribution is 0.00539. The van der Waals surface area contributed by atoms with E-state index in [-0.39, 0.29) is 23.6 Å². The maximum Gasteiger partial charge on any atom is 0.261 e. The van der Waals surface area contributed by atoms with Crippen molar-refractivity contribution in [2.45, 2.75) is 38.5 Å². The number of halogens is 1. The normalized spacial score (nSPS) is 19.8. The van der Waals surface area contributed by atoms with Crippen LogP contribution in [0.15, 0.2) is 35.1 Å². The molecule has 36 heavy (non-hydrogen) atoms. The molecule has 0 saturated carbocycles. The number of aryl methyl sites for hydroxylation is 1. The molecule has 3 N–H and O–H groups in total. The predicted octanol–water partition coefficient (Wildman–Crippen LogP) is 2.39. The summed E-state index contributed by atoms with van der Waals surface area (Å²) in [4.78, 5) is 33.0. The maximum absolute atomic E-state index is 13.2. The lowest BCUT2D eigenvalue weighted by Gasteiger charge is -2.38. The zero-order chi connectivity index (χ0) is 25.4. The third-order valence-electron chi connectivity index (χ3n) is 7.17. The van der Waals surface area contributed by atoms with Crippen molar-refractivity contribution in [2.24, 2.45) is 0 Å². The van der Waals surface area contributed by atoms with Crippen molar-refractivity contribution in [3.63, 3.8) is 0 Å². The van der Waals surface area contributed by atoms with Crippen LogP contribution in [-0.2, 0) is 17.7 Å². The van der Waals surface area contributed by atoms with Gasteiger partial charge in [0.1, 0.15) is 11.6 Å². The molecule has 0 radical (unpaired) electrons. The van der Waals surface area contributed by atoms with Gasteiger partial charge < -0.3 is 20.5 Å². The van der Waals surface area contributed by atoms with E-state index in [0.717, 1.165) is 12.1 Å². The smallest absolute Gasteiger partial charge is 0.261 e. The number of nitrogens with zero attached hydrogens (tertiary/aromatic N) is 3. The molecule has 0 unspecified atom stereocenters. The number of carbonyl (C=O) groups is 1. The van der Waals surface area contributed by atoms with Gasteiger partial charge in [-0.1, -0.05) is 23.7 Å². The monoisotopic (exact) mass is 511 g/mol. The Kier molecular flexibility index (Phi) is 6.87. The van der Waals surface area contributed by atoms with E-state index in [0.29, 0.717) is 77.8 Å². The predicted molar refractivity (Wildman–Crippen MR) is 139 cm³/mol. The van der Waals surface area contributed by atoms with Crippen LogP contribution in [0.2, 0.25) is 5.02 Å². The molecule has 0 spiro atoms. The van der Waals surface area contributed by atoms with Gasteiger partial charge in [0.15, 0.2) is 0 Å². The standard InChI is InChI=1S/C26H30ClN5O4/c1-15-29-20-6-4-3-5-16(20)26(34)32(15)11-10-31-9-7-21(22(14-31)35-2)30-25(33)18-13-19(27)23(28)17-8-12-36-24(17)18/h3-6,13,21-22H,7-12,14,28H2,1-2H3,(H,30,33)/t21-,22+/m0/s1. The number of aromatic nitrogens is 2. The number of nitrogens with two attached hydrogens (primary N) is 1. The number of amides is 1. The average Bonchev–Trinajstić information content (AvgIpc) is 3.37. The van der Waals surface area contributed by atoms with Gasteiger partial charge in [0, 0.05) is 45.3 Å². The first-order valence-corrected chi connectivity index (χ1v) is 12.5. The number of fused-ring (bicyclic) bond motifs is 2. The molecular formula is C26H30ClN5O4. The van der Waals surface area contributed by atoms with E-state index in [1.54, 1.807) is 17.7 Å². The molecule has 3 aromatic rings. The Balaban J connectivity index is 1.25. The van der Waals surface area contributed by atoms with Crippen LogP contribution in [0.25, 0.3) is 10.9 Å². The number of anilines is 1. The summed E-state index contributed by atoms with van der Waals surface area (Å²) in [6, 6.07) is 8.81. The number of methoxy groups -OCH3 is 1. The largest absolute Gasteiger partial charge is 0.492 e. The summed E-state index contributed by atoms with van der Waals surface area (Å²) in [5, 5.41) is 4.09. The van der Waals surface area contributed by atoms with Crippen LogP contribution >= 0.6 is 11.6 Å². The van der Waals surface area contributed by atoms with E-state index in [1.165, 1.54) is 0 Å². The second-order valence-corrected chi connectivity index (χ2v) is 9.71. The van der Waals surface area contributed by atoms with Crippen LogP contribution in [0.3, 0.4) is 0 Å². The first-order chi connectivity index (χ1) is 17.4. The molecular weight excluding hydrogens is 482 g/mol. The number of para-hydroxylation sites is 1. The van der Waals surface area contributed by atoms with Crippen LogP contribution in [0.4, 0.5) is 5.69 Å². The van der Waals surface area contributed by atoms with E-state index in [4.69, 9.17) is 26.8 Å². The van der Waals surface area contributed by atoms with Gasteiger partial charge in [-0.25, -0.2) is 4.98 Å². The molecule has 1 aromatic heterocycles. The number of hydrogen-bond donors (Lipinski definition) is 2. The Bertz CT molecular complexity index is 1370. The van der Waals surface area contributed by atoms with E-state index in [9.17, 15) is 9.59 Å². The van der Waals surface area contributed by atoms with Crippen molar-refractivity contribution in [3.05, 3.63) is 62.7 Å². The van der Waals surface area contributed by atoms with Crippen molar-refractivity contribution in [3.8, 4) is 5.75 Å². The molecule has 10 heteroatoms. The fraction of sp³-hybridized carbons (Fsp3) is 0.423. The second-order valence-electron chi connectivity index (χ2n) is 9.30. The van der Waals surface area contributed by atoms with Crippen molar-refractivity contribution in [1.82, 2.24) is 19.8 Å². The first kappa shape index (κ1) is 24.5. The molecule has 190 valence electrons. The van der Waals surface area contributed by atoms with Gasteiger partial charge in [0.25, 0.3) is 11.5 Å². The highest BCUT2D eigenvalue weighted by molar-refractivity contribution is 6.33. The number of benzene rings is 2. The molecule has 0 aliphatic carbocycles. The summed E-state index contributed by atoms with van der Waals surface area (Å²) < 4.78 is 13.2. The third kappa shape index (κ3) is 4.54. The quantitative estimate of drug-likeness (QED) is 0.489. The van der Waals surface area contributed by atoms with E-state index >= 15 is 0 Å². The first-order valence-electron chi connectivity index (χ1n) is 12.1. The number of rotatable bonds is 6. The van der Waals surface area contributed by atoms with Crippen LogP contribution in [0.5, 0.6) is 5.75 Å². The number of ether oxygens (including phenoxy) is 2. The van der Waals surface area contributed by atoms with E-state index < -0.39 is 0 Å². The van der Waals surface area contributed by atoms with Crippen molar-refractivity contribution in [2.75, 3.05) is 39.1 Å². The number of nitrogens with one attached hydrogen (secondary N) is 1. The highest BCUT2D eigenvalue weighted by Gasteiger charge is 2.32. The zero-order valence-corrected chi connectivity index (χ0v) is 21.2. The summed E-state index contributed by atoms with van der Waals surface area (Å²) in [5.41, 5.74) is 8.42. The molecule has 2 aromatic carbocycles. The van der Waals surface area contributed by atoms with Gasteiger partial charge >= 0.3 is 0 Å². The number of carbonyl (C=O) groups excluding carboxylic acids is 1. The molecule has 2 atom stereocenters. The van der Waals surface area contributed by atoms with Crippen molar-refractivity contribution < 1.29 is 14.3 Å². The lowest BCUT2D eigenvalue weighted by Crippen LogP contribution is -2.55. The topological polar surface area (TPSA) is 112 Å². The van der Waals surface area contributed by atoms with Gasteiger partial charge in [-0.3, -0.25) is 19.1 Å². The van der Waals surface area contributed by atoms with E-state index in [2.05, 4.69) is 15.2 Å². The fourth-order valence-corrected chi connectivity index (χ4v) is 5.38. The summed E-state index contributed by atoms with van der Waals surface area (Å²) >= 11 is 6.28. The average molecular weight is 512 g/mol. The number of hydrogen-bond acceptors (Lipinski definition) is 7. The molecule has 2 aliphatic heterocycles. The Morgan fingerprint density at radius 1 is 1.33 bits per heavy atom. The molecule has 0 bridgehead atoms. The van der Waals surface area contributed by atoms with Crippen LogP contribution in [0.1, 0.15) is 28.2 Å². The van der Waals surface area contributed by atoms with Crippen LogP contribution < -0.4 is 21.3 Å². The lowest BCUT2D eigenvalue weighted by atomic mass is 10.00. The molecule has 5 rings (SSSR count). The molecule has 2 aliphatic rings. The number of piperidine rings is 1. The SMILES string of the molecule is CO[C@@H]1CN(CCn2c(C)nc3ccccc3c2=O)CC[C@@H]1NC(=O)c1cc(Cl)c(N)c2c1OCC2. The highest BCUT2D eigenvalue weighted by atomic mass is 35.5. The number of nitrogen functional groups attached to an aromatic ring is 1. The molecule has 9 nitrogen and oxygen atoms in total. The van der Waals surface area contributed by atoms with Gasteiger partial charge in [0.05, 0.1) is 45.9 Å². The maximum atomic E-state index is 13.2. The molecule has 1 saturated heterocycles. The molecule has 3 heterocycles. The van der Waals surface area contributed by atoms with E-state index in [1.807, 2.05) is 31.2 Å². The minimum atomic E-state index is -0.250. The highest BCUT2D eigenvalue weighted by Crippen LogP contribution is 2.38. The summed E-state index contributed by atoms with van der Waals surface area (Å²) in [5.74, 6) is 0.964. The van der Waals surface area contributed by atoms with Crippen molar-refractivity contribution in [1.29, 1.82) is 0 Å². The number of likely N-dealkylation sites (tertiary alicyclic amines) is 1. The Hall–Kier alpha value is -3.14. The minimum Gasteiger partial charge on any atom is -0.492 e. The van der Waals surface area contributed by atoms with Crippen molar-refractivity contribution >= 4 is 34.1 Å². The molecule has 1 fully saturated rings. The summed E-state index contributed by atoms with van der Waals surface area (Å²) in [6.07, 6.45) is 1.14. The van der Waals surface area contributed by atoms with Crippen LogP contribution in [0, 0.1) is 6.92 Å². The Morgan fingerprint density at radius 3 is 2.94 bits per heavy atom. The zero-order valence-electron chi connectivity index (χ0n) is 20.4. The van der Waals surface area contributed by atoms with Gasteiger partial charge in [-0.15, -0.1) is 0 Å². The van der Waals surface area contributed by atoms with Gasteiger partial charge in [-0.05, 0) is 31.5 Å². The summed E-state index contributed by atoms with van der Waals surface area (Å²) in [6.45, 7) is 4.94. The molecule has 1 amide bonds. The fourth-order valence-electron chi connectivity index (χ4n) is 5.15. The summed E-state index contributed by atoms with van der Waals surface area (Å²) in [7, 11) is 1.65. The second kappa shape index (κ2) is 10.1. The minimum absolute atomic E-state index is 0.0274. The van der Waals surface area contributed by atoms with Crippen LogP contribution in [-0.4, -0.2) is 65.9 Å². The Labute approximate surface area is 214 Å². The van der Waals surface area contributed by atoms with Gasteiger partial charge in [-0.2, -0.15) is 0 Å². The Morgan fingerprint density at radius 2 is 2.14 bits per heavy atom. The van der Waals surface area contributed by atoms with Gasteiger partial charge in [0.2, 0.25) is 0 Å². The third-order valence-corrected chi connectivity index (χ3v) is 7.48.